The molecule has 0 amide bonds. The molecule has 6 nitrogen and oxygen atoms in total. The van der Waals surface area contributed by atoms with Crippen molar-refractivity contribution in [3.8, 4) is 0 Å². The molecule has 1 N–H and O–H groups in total. The third-order valence-corrected chi connectivity index (χ3v) is 3.96. The van der Waals surface area contributed by atoms with Crippen LogP contribution in [0.25, 0.3) is 0 Å². The van der Waals surface area contributed by atoms with E-state index in [0.717, 1.165) is 25.6 Å². The van der Waals surface area contributed by atoms with E-state index in [-0.39, 0.29) is 5.92 Å². The van der Waals surface area contributed by atoms with Gasteiger partial charge in [0.2, 0.25) is 11.8 Å². The molecule has 23 heavy (non-hydrogen) atoms. The fourth-order valence-corrected chi connectivity index (χ4v) is 2.80. The Bertz CT molecular complexity index is 651. The predicted octanol–water partition coefficient (Wildman–Crippen LogP) is 2.75. The smallest absolute Gasteiger partial charge is 0.424 e. The summed E-state index contributed by atoms with van der Waals surface area (Å²) in [5, 5.41) is 7.91. The van der Waals surface area contributed by atoms with Crippen LogP contribution in [0.2, 0.25) is 0 Å². The van der Waals surface area contributed by atoms with Crippen LogP contribution in [0.1, 0.15) is 49.0 Å². The van der Waals surface area contributed by atoms with Crippen molar-refractivity contribution in [1.82, 2.24) is 25.1 Å². The van der Waals surface area contributed by atoms with E-state index in [1.807, 2.05) is 6.92 Å². The molecule has 2 aromatic rings. The minimum absolute atomic E-state index is 0.0478. The Morgan fingerprint density at radius 1 is 1.35 bits per heavy atom. The van der Waals surface area contributed by atoms with Crippen LogP contribution >= 0.6 is 0 Å². The van der Waals surface area contributed by atoms with Crippen molar-refractivity contribution in [2.24, 2.45) is 0 Å². The molecule has 0 radical (unpaired) electrons. The summed E-state index contributed by atoms with van der Waals surface area (Å²) in [6.07, 6.45) is -1.14. The maximum absolute atomic E-state index is 12.7. The topological polar surface area (TPSA) is 70.8 Å². The number of aryl methyl sites for hydroxylation is 1. The number of halogens is 3. The summed E-state index contributed by atoms with van der Waals surface area (Å²) >= 11 is 0. The van der Waals surface area contributed by atoms with Crippen LogP contribution in [-0.2, 0) is 19.1 Å². The lowest BCUT2D eigenvalue weighted by molar-refractivity contribution is -0.141. The van der Waals surface area contributed by atoms with Gasteiger partial charge >= 0.3 is 6.18 Å². The first-order valence-corrected chi connectivity index (χ1v) is 7.61. The van der Waals surface area contributed by atoms with Crippen LogP contribution in [-0.4, -0.2) is 38.2 Å². The molecule has 0 bridgehead atoms. The molecule has 1 aliphatic heterocycles. The Labute approximate surface area is 131 Å². The lowest BCUT2D eigenvalue weighted by Crippen LogP contribution is -2.34. The highest BCUT2D eigenvalue weighted by molar-refractivity contribution is 5.09. The van der Waals surface area contributed by atoms with Crippen LogP contribution in [0, 0.1) is 0 Å². The summed E-state index contributed by atoms with van der Waals surface area (Å²) in [5.74, 6) is 1.47. The zero-order chi connectivity index (χ0) is 16.4. The Hall–Kier alpha value is -1.90. The zero-order valence-corrected chi connectivity index (χ0v) is 12.7. The number of rotatable bonds is 4. The second-order valence-electron chi connectivity index (χ2n) is 5.70. The van der Waals surface area contributed by atoms with Gasteiger partial charge in [0.25, 0.3) is 0 Å². The standard InChI is InChI=1S/C14H18F3N5O/c1-2-11-20-21-12(23-11)8-22-5-3-4-9(7-22)13-18-6-10(19-13)14(15,16)17/h6,9H,2-5,7-8H2,1H3,(H,18,19). The number of nitrogens with one attached hydrogen (secondary N) is 1. The van der Waals surface area contributed by atoms with Gasteiger partial charge in [0.1, 0.15) is 11.5 Å². The van der Waals surface area contributed by atoms with Crippen LogP contribution < -0.4 is 0 Å². The summed E-state index contributed by atoms with van der Waals surface area (Å²) < 4.78 is 43.5. The lowest BCUT2D eigenvalue weighted by Gasteiger charge is -2.30. The number of H-pyrrole nitrogens is 1. The van der Waals surface area contributed by atoms with Gasteiger partial charge in [0.15, 0.2) is 0 Å². The van der Waals surface area contributed by atoms with Crippen molar-refractivity contribution in [3.63, 3.8) is 0 Å². The van der Waals surface area contributed by atoms with Crippen LogP contribution in [0.3, 0.4) is 0 Å². The number of hydrogen-bond donors (Lipinski definition) is 1. The summed E-state index contributed by atoms with van der Waals surface area (Å²) in [7, 11) is 0. The summed E-state index contributed by atoms with van der Waals surface area (Å²) in [6, 6.07) is 0. The molecule has 0 aliphatic carbocycles. The number of hydrogen-bond acceptors (Lipinski definition) is 5. The summed E-state index contributed by atoms with van der Waals surface area (Å²) in [5.41, 5.74) is -0.797. The van der Waals surface area contributed by atoms with E-state index < -0.39 is 11.9 Å². The number of aromatic amines is 1. The van der Waals surface area contributed by atoms with Gasteiger partial charge in [-0.15, -0.1) is 10.2 Å². The van der Waals surface area contributed by atoms with E-state index >= 15 is 0 Å². The zero-order valence-electron chi connectivity index (χ0n) is 12.7. The van der Waals surface area contributed by atoms with Gasteiger partial charge in [-0.05, 0) is 19.4 Å². The molecule has 0 aromatic carbocycles. The summed E-state index contributed by atoms with van der Waals surface area (Å²) in [4.78, 5) is 8.43. The highest BCUT2D eigenvalue weighted by atomic mass is 19.4. The molecule has 0 saturated carbocycles. The molecule has 9 heteroatoms. The minimum atomic E-state index is -4.39. The first kappa shape index (κ1) is 16.0. The molecule has 1 saturated heterocycles. The molecular weight excluding hydrogens is 311 g/mol. The van der Waals surface area contributed by atoms with E-state index in [1.54, 1.807) is 0 Å². The van der Waals surface area contributed by atoms with Crippen molar-refractivity contribution in [1.29, 1.82) is 0 Å². The third kappa shape index (κ3) is 3.72. The maximum atomic E-state index is 12.7. The molecule has 2 aromatic heterocycles. The second-order valence-corrected chi connectivity index (χ2v) is 5.70. The molecule has 3 rings (SSSR count). The molecule has 0 spiro atoms. The summed E-state index contributed by atoms with van der Waals surface area (Å²) in [6.45, 7) is 3.92. The average molecular weight is 329 g/mol. The second kappa shape index (κ2) is 6.31. The first-order chi connectivity index (χ1) is 11.0. The predicted molar refractivity (Wildman–Crippen MR) is 74.5 cm³/mol. The SMILES string of the molecule is CCc1nnc(CN2CCCC(c3ncc(C(F)(F)F)[nH]3)C2)o1. The Morgan fingerprint density at radius 3 is 2.78 bits per heavy atom. The Kier molecular flexibility index (Phi) is 4.38. The number of piperidine rings is 1. The van der Waals surface area contributed by atoms with E-state index in [0.29, 0.717) is 37.1 Å². The Balaban J connectivity index is 1.64. The monoisotopic (exact) mass is 329 g/mol. The van der Waals surface area contributed by atoms with Gasteiger partial charge < -0.3 is 9.40 Å². The number of likely N-dealkylation sites (tertiary alicyclic amines) is 1. The van der Waals surface area contributed by atoms with Crippen molar-refractivity contribution in [2.45, 2.75) is 44.8 Å². The average Bonchev–Trinajstić information content (AvgIpc) is 3.16. The van der Waals surface area contributed by atoms with Gasteiger partial charge in [-0.1, -0.05) is 6.92 Å². The first-order valence-electron chi connectivity index (χ1n) is 7.61. The number of alkyl halides is 3. The van der Waals surface area contributed by atoms with Crippen LogP contribution in [0.5, 0.6) is 0 Å². The largest absolute Gasteiger partial charge is 0.432 e. The van der Waals surface area contributed by atoms with Gasteiger partial charge in [0, 0.05) is 18.9 Å². The number of nitrogens with zero attached hydrogens (tertiary/aromatic N) is 4. The molecule has 1 fully saturated rings. The van der Waals surface area contributed by atoms with Crippen LogP contribution in [0.15, 0.2) is 10.6 Å². The highest BCUT2D eigenvalue weighted by Crippen LogP contribution is 2.31. The molecule has 126 valence electrons. The minimum Gasteiger partial charge on any atom is -0.424 e. The van der Waals surface area contributed by atoms with E-state index in [9.17, 15) is 13.2 Å². The van der Waals surface area contributed by atoms with E-state index in [4.69, 9.17) is 4.42 Å². The van der Waals surface area contributed by atoms with E-state index in [1.165, 1.54) is 0 Å². The van der Waals surface area contributed by atoms with Crippen molar-refractivity contribution >= 4 is 0 Å². The third-order valence-electron chi connectivity index (χ3n) is 3.96. The molecule has 3 heterocycles. The molecule has 1 aliphatic rings. The van der Waals surface area contributed by atoms with Gasteiger partial charge in [-0.25, -0.2) is 4.98 Å². The maximum Gasteiger partial charge on any atom is 0.432 e. The number of aromatic nitrogens is 4. The molecule has 1 unspecified atom stereocenters. The van der Waals surface area contributed by atoms with Gasteiger partial charge in [0.05, 0.1) is 12.7 Å². The van der Waals surface area contributed by atoms with Crippen molar-refractivity contribution in [3.05, 3.63) is 29.5 Å². The quantitative estimate of drug-likeness (QED) is 0.934. The number of imidazole rings is 1. The lowest BCUT2D eigenvalue weighted by atomic mass is 9.97. The van der Waals surface area contributed by atoms with Crippen molar-refractivity contribution < 1.29 is 17.6 Å². The van der Waals surface area contributed by atoms with Gasteiger partial charge in [-0.2, -0.15) is 13.2 Å². The van der Waals surface area contributed by atoms with Gasteiger partial charge in [-0.3, -0.25) is 4.90 Å². The fourth-order valence-electron chi connectivity index (χ4n) is 2.80. The van der Waals surface area contributed by atoms with E-state index in [2.05, 4.69) is 25.1 Å². The van der Waals surface area contributed by atoms with Crippen molar-refractivity contribution in [2.75, 3.05) is 13.1 Å². The molecule has 1 atom stereocenters. The highest BCUT2D eigenvalue weighted by Gasteiger charge is 2.34. The Morgan fingerprint density at radius 2 is 2.13 bits per heavy atom. The normalized spacial score (nSPS) is 20.1. The van der Waals surface area contributed by atoms with Crippen LogP contribution in [0.4, 0.5) is 13.2 Å². The molecular formula is C14H18F3N5O. The fraction of sp³-hybridized carbons (Fsp3) is 0.643.